The summed E-state index contributed by atoms with van der Waals surface area (Å²) in [5.41, 5.74) is 0.126. The average molecular weight is 306 g/mol. The van der Waals surface area contributed by atoms with E-state index in [9.17, 15) is 9.59 Å². The molecule has 0 saturated heterocycles. The van der Waals surface area contributed by atoms with Gasteiger partial charge in [-0.1, -0.05) is 19.1 Å². The minimum Gasteiger partial charge on any atom is -0.497 e. The van der Waals surface area contributed by atoms with Crippen LogP contribution in [0.15, 0.2) is 24.3 Å². The van der Waals surface area contributed by atoms with E-state index in [2.05, 4.69) is 5.32 Å². The molecule has 0 fully saturated rings. The lowest BCUT2D eigenvalue weighted by atomic mass is 9.96. The van der Waals surface area contributed by atoms with Crippen LogP contribution >= 0.6 is 0 Å². The van der Waals surface area contributed by atoms with Crippen molar-refractivity contribution in [2.75, 3.05) is 21.2 Å². The third-order valence-electron chi connectivity index (χ3n) is 3.55. The van der Waals surface area contributed by atoms with Crippen molar-refractivity contribution in [3.63, 3.8) is 0 Å². The van der Waals surface area contributed by atoms with Gasteiger partial charge in [-0.15, -0.1) is 0 Å². The molecule has 5 nitrogen and oxygen atoms in total. The Morgan fingerprint density at radius 2 is 1.95 bits per heavy atom. The van der Waals surface area contributed by atoms with Crippen LogP contribution in [0.25, 0.3) is 0 Å². The van der Waals surface area contributed by atoms with Crippen LogP contribution in [0.4, 0.5) is 0 Å². The fraction of sp³-hybridized carbons (Fsp3) is 0.529. The van der Waals surface area contributed by atoms with Crippen LogP contribution in [0.1, 0.15) is 38.7 Å². The molecule has 1 aromatic carbocycles. The van der Waals surface area contributed by atoms with Crippen LogP contribution in [0, 0.1) is 0 Å². The first-order chi connectivity index (χ1) is 10.2. The van der Waals surface area contributed by atoms with Crippen molar-refractivity contribution < 1.29 is 14.3 Å². The highest BCUT2D eigenvalue weighted by Crippen LogP contribution is 2.23. The van der Waals surface area contributed by atoms with E-state index in [0.717, 1.165) is 11.3 Å². The Labute approximate surface area is 132 Å². The fourth-order valence-electron chi connectivity index (χ4n) is 2.36. The van der Waals surface area contributed by atoms with E-state index in [1.807, 2.05) is 31.2 Å². The highest BCUT2D eigenvalue weighted by Gasteiger charge is 2.31. The van der Waals surface area contributed by atoms with Gasteiger partial charge in [0, 0.05) is 20.5 Å². The van der Waals surface area contributed by atoms with Gasteiger partial charge >= 0.3 is 0 Å². The van der Waals surface area contributed by atoms with Gasteiger partial charge in [0.1, 0.15) is 11.3 Å². The first kappa shape index (κ1) is 18.0. The summed E-state index contributed by atoms with van der Waals surface area (Å²) in [6, 6.07) is 7.67. The number of carbonyl (C=O) groups excluding carboxylic acids is 2. The molecule has 1 aromatic rings. The number of nitrogens with one attached hydrogen (secondary N) is 1. The highest BCUT2D eigenvalue weighted by atomic mass is 16.5. The molecule has 0 aliphatic rings. The van der Waals surface area contributed by atoms with E-state index in [4.69, 9.17) is 4.74 Å². The summed E-state index contributed by atoms with van der Waals surface area (Å²) in [7, 11) is 4.97. The van der Waals surface area contributed by atoms with E-state index in [-0.39, 0.29) is 17.7 Å². The Morgan fingerprint density at radius 3 is 2.50 bits per heavy atom. The molecule has 0 heterocycles. The molecule has 2 amide bonds. The summed E-state index contributed by atoms with van der Waals surface area (Å²) < 4.78 is 5.20. The first-order valence-electron chi connectivity index (χ1n) is 7.34. The van der Waals surface area contributed by atoms with Gasteiger partial charge in [0.2, 0.25) is 11.8 Å². The summed E-state index contributed by atoms with van der Waals surface area (Å²) >= 11 is 0. The Hall–Kier alpha value is -2.04. The second-order valence-corrected chi connectivity index (χ2v) is 6.25. The van der Waals surface area contributed by atoms with Crippen LogP contribution in [0.2, 0.25) is 0 Å². The predicted octanol–water partition coefficient (Wildman–Crippen LogP) is 2.17. The second kappa shape index (κ2) is 7.29. The lowest BCUT2D eigenvalue weighted by Gasteiger charge is -2.28. The number of hydrogen-bond donors (Lipinski definition) is 1. The van der Waals surface area contributed by atoms with Gasteiger partial charge in [0.15, 0.2) is 0 Å². The number of carbonyl (C=O) groups is 2. The van der Waals surface area contributed by atoms with Crippen LogP contribution in [-0.2, 0) is 9.59 Å². The Morgan fingerprint density at radius 1 is 1.32 bits per heavy atom. The molecule has 1 rings (SSSR count). The van der Waals surface area contributed by atoms with E-state index in [1.165, 1.54) is 4.90 Å². The molecule has 0 radical (unpaired) electrons. The molecule has 1 N–H and O–H groups in total. The Bertz CT molecular complexity index is 538. The standard InChI is InChI=1S/C17H26N2O3/c1-12(13-8-7-9-14(11-13)22-6)10-15(20)18-17(2,3)16(21)19(4)5/h7-9,11-12H,10H2,1-6H3,(H,18,20)/t12-/m1/s1. The topological polar surface area (TPSA) is 58.6 Å². The predicted molar refractivity (Wildman–Crippen MR) is 86.9 cm³/mol. The van der Waals surface area contributed by atoms with E-state index < -0.39 is 5.54 Å². The van der Waals surface area contributed by atoms with Crippen LogP contribution in [0.3, 0.4) is 0 Å². The maximum Gasteiger partial charge on any atom is 0.247 e. The summed E-state index contributed by atoms with van der Waals surface area (Å²) in [4.78, 5) is 25.7. The van der Waals surface area contributed by atoms with Crippen molar-refractivity contribution in [1.82, 2.24) is 10.2 Å². The molecule has 22 heavy (non-hydrogen) atoms. The van der Waals surface area contributed by atoms with Crippen molar-refractivity contribution in [2.45, 2.75) is 38.6 Å². The summed E-state index contributed by atoms with van der Waals surface area (Å²) in [6.45, 7) is 5.40. The zero-order valence-electron chi connectivity index (χ0n) is 14.3. The van der Waals surface area contributed by atoms with Gasteiger partial charge in [-0.05, 0) is 37.5 Å². The van der Waals surface area contributed by atoms with Gasteiger partial charge in [-0.2, -0.15) is 0 Å². The van der Waals surface area contributed by atoms with Crippen LogP contribution in [0.5, 0.6) is 5.75 Å². The molecule has 1 atom stereocenters. The Kier molecular flexibility index (Phi) is 5.97. The summed E-state index contributed by atoms with van der Waals surface area (Å²) in [5.74, 6) is 0.540. The molecular formula is C17H26N2O3. The molecule has 0 spiro atoms. The van der Waals surface area contributed by atoms with E-state index >= 15 is 0 Å². The first-order valence-corrected chi connectivity index (χ1v) is 7.34. The van der Waals surface area contributed by atoms with Gasteiger partial charge in [-0.25, -0.2) is 0 Å². The second-order valence-electron chi connectivity index (χ2n) is 6.25. The summed E-state index contributed by atoms with van der Waals surface area (Å²) in [6.07, 6.45) is 0.317. The fourth-order valence-corrected chi connectivity index (χ4v) is 2.36. The number of likely N-dealkylation sites (N-methyl/N-ethyl adjacent to an activating group) is 1. The van der Waals surface area contributed by atoms with E-state index in [0.29, 0.717) is 6.42 Å². The van der Waals surface area contributed by atoms with Gasteiger partial charge < -0.3 is 15.0 Å². The molecule has 0 aliphatic heterocycles. The number of ether oxygens (including phenoxy) is 1. The molecule has 122 valence electrons. The maximum atomic E-state index is 12.2. The third kappa shape index (κ3) is 4.76. The van der Waals surface area contributed by atoms with E-state index in [1.54, 1.807) is 35.1 Å². The Balaban J connectivity index is 2.70. The van der Waals surface area contributed by atoms with Crippen molar-refractivity contribution in [3.8, 4) is 5.75 Å². The van der Waals surface area contributed by atoms with Gasteiger partial charge in [-0.3, -0.25) is 9.59 Å². The molecule has 0 saturated carbocycles. The van der Waals surface area contributed by atoms with Crippen molar-refractivity contribution in [1.29, 1.82) is 0 Å². The van der Waals surface area contributed by atoms with Gasteiger partial charge in [0.05, 0.1) is 7.11 Å². The van der Waals surface area contributed by atoms with Crippen molar-refractivity contribution in [2.24, 2.45) is 0 Å². The van der Waals surface area contributed by atoms with Gasteiger partial charge in [0.25, 0.3) is 0 Å². The zero-order valence-corrected chi connectivity index (χ0v) is 14.3. The van der Waals surface area contributed by atoms with Crippen molar-refractivity contribution >= 4 is 11.8 Å². The minimum absolute atomic E-state index is 0.0420. The highest BCUT2D eigenvalue weighted by molar-refractivity contribution is 5.90. The molecule has 0 aliphatic carbocycles. The number of amides is 2. The number of methoxy groups -OCH3 is 1. The van der Waals surface area contributed by atoms with Crippen LogP contribution < -0.4 is 10.1 Å². The zero-order chi connectivity index (χ0) is 16.9. The minimum atomic E-state index is -0.908. The molecule has 0 aromatic heterocycles. The largest absolute Gasteiger partial charge is 0.497 e. The normalized spacial score (nSPS) is 12.5. The number of benzene rings is 1. The maximum absolute atomic E-state index is 12.2. The lowest BCUT2D eigenvalue weighted by molar-refractivity contribution is -0.138. The molecule has 5 heteroatoms. The number of hydrogen-bond acceptors (Lipinski definition) is 3. The molecule has 0 unspecified atom stereocenters. The SMILES string of the molecule is COc1cccc([C@H](C)CC(=O)NC(C)(C)C(=O)N(C)C)c1. The van der Waals surface area contributed by atoms with Crippen LogP contribution in [-0.4, -0.2) is 43.5 Å². The number of rotatable bonds is 6. The van der Waals surface area contributed by atoms with Crippen molar-refractivity contribution in [3.05, 3.63) is 29.8 Å². The lowest BCUT2D eigenvalue weighted by Crippen LogP contribution is -2.54. The molecule has 0 bridgehead atoms. The quantitative estimate of drug-likeness (QED) is 0.876. The average Bonchev–Trinajstić information content (AvgIpc) is 2.45. The number of nitrogens with zero attached hydrogens (tertiary/aromatic N) is 1. The smallest absolute Gasteiger partial charge is 0.247 e. The summed E-state index contributed by atoms with van der Waals surface area (Å²) in [5, 5.41) is 2.81. The molecular weight excluding hydrogens is 280 g/mol. The third-order valence-corrected chi connectivity index (χ3v) is 3.55. The monoisotopic (exact) mass is 306 g/mol.